The lowest BCUT2D eigenvalue weighted by Crippen LogP contribution is -2.61. The summed E-state index contributed by atoms with van der Waals surface area (Å²) in [5, 5.41) is 3.19. The van der Waals surface area contributed by atoms with E-state index in [-0.39, 0.29) is 17.9 Å². The molecule has 0 bridgehead atoms. The van der Waals surface area contributed by atoms with E-state index in [0.29, 0.717) is 5.92 Å². The third-order valence-electron chi connectivity index (χ3n) is 6.35. The summed E-state index contributed by atoms with van der Waals surface area (Å²) in [5.74, 6) is 1.43. The summed E-state index contributed by atoms with van der Waals surface area (Å²) in [6, 6.07) is 15.1. The maximum absolute atomic E-state index is 13.2. The number of aryl methyl sites for hydroxylation is 1. The molecule has 5 heteroatoms. The first-order chi connectivity index (χ1) is 14.5. The number of carbonyl (C=O) groups excluding carboxylic acids is 1. The number of methoxy groups -OCH3 is 1. The molecule has 4 rings (SSSR count). The molecule has 160 valence electrons. The van der Waals surface area contributed by atoms with Crippen LogP contribution < -0.4 is 19.9 Å². The van der Waals surface area contributed by atoms with E-state index in [1.165, 1.54) is 22.5 Å². The molecule has 0 saturated carbocycles. The molecule has 1 N–H and O–H groups in total. The number of piperazine rings is 1. The fourth-order valence-corrected chi connectivity index (χ4v) is 4.63. The molecule has 0 aliphatic carbocycles. The molecule has 1 fully saturated rings. The number of hydrogen-bond donors (Lipinski definition) is 1. The molecule has 5 nitrogen and oxygen atoms in total. The van der Waals surface area contributed by atoms with Gasteiger partial charge in [-0.3, -0.25) is 4.79 Å². The second kappa shape index (κ2) is 8.58. The van der Waals surface area contributed by atoms with E-state index < -0.39 is 0 Å². The molecular weight excluding hydrogens is 374 g/mol. The van der Waals surface area contributed by atoms with Crippen molar-refractivity contribution in [2.45, 2.75) is 33.2 Å². The Kier molecular flexibility index (Phi) is 5.89. The van der Waals surface area contributed by atoms with Crippen molar-refractivity contribution >= 4 is 17.3 Å². The number of nitrogens with zero attached hydrogens (tertiary/aromatic N) is 2. The third kappa shape index (κ3) is 4.11. The molecule has 1 amide bonds. The minimum atomic E-state index is -0.0575. The van der Waals surface area contributed by atoms with Gasteiger partial charge in [-0.2, -0.15) is 0 Å². The summed E-state index contributed by atoms with van der Waals surface area (Å²) in [4.78, 5) is 18.1. The van der Waals surface area contributed by atoms with Gasteiger partial charge in [0.2, 0.25) is 5.91 Å². The van der Waals surface area contributed by atoms with Crippen molar-refractivity contribution in [2.24, 2.45) is 11.8 Å². The zero-order valence-corrected chi connectivity index (χ0v) is 18.5. The van der Waals surface area contributed by atoms with Crippen molar-refractivity contribution in [3.05, 3.63) is 53.6 Å². The van der Waals surface area contributed by atoms with Crippen LogP contribution in [0.3, 0.4) is 0 Å². The molecule has 1 saturated heterocycles. The van der Waals surface area contributed by atoms with E-state index in [2.05, 4.69) is 72.3 Å². The largest absolute Gasteiger partial charge is 0.497 e. The molecule has 0 aromatic heterocycles. The van der Waals surface area contributed by atoms with E-state index in [9.17, 15) is 4.79 Å². The van der Waals surface area contributed by atoms with Crippen LogP contribution in [0.1, 0.15) is 25.0 Å². The summed E-state index contributed by atoms with van der Waals surface area (Å²) in [6.45, 7) is 9.79. The Morgan fingerprint density at radius 3 is 2.63 bits per heavy atom. The van der Waals surface area contributed by atoms with E-state index >= 15 is 0 Å². The smallest absolute Gasteiger partial charge is 0.225 e. The normalized spacial score (nSPS) is 20.6. The topological polar surface area (TPSA) is 44.8 Å². The van der Waals surface area contributed by atoms with Crippen molar-refractivity contribution < 1.29 is 9.53 Å². The van der Waals surface area contributed by atoms with Crippen LogP contribution in [-0.4, -0.2) is 45.2 Å². The fraction of sp³-hybridized carbons (Fsp3) is 0.480. The zero-order valence-electron chi connectivity index (χ0n) is 18.5. The Labute approximate surface area is 180 Å². The minimum Gasteiger partial charge on any atom is -0.497 e. The van der Waals surface area contributed by atoms with Crippen LogP contribution in [0, 0.1) is 18.8 Å². The first-order valence-electron chi connectivity index (χ1n) is 11.0. The van der Waals surface area contributed by atoms with Crippen molar-refractivity contribution in [3.63, 3.8) is 0 Å². The van der Waals surface area contributed by atoms with Gasteiger partial charge in [-0.25, -0.2) is 0 Å². The van der Waals surface area contributed by atoms with Crippen LogP contribution in [0.2, 0.25) is 0 Å². The van der Waals surface area contributed by atoms with Gasteiger partial charge in [0.05, 0.1) is 19.1 Å². The number of rotatable bonds is 5. The number of anilines is 2. The molecule has 2 heterocycles. The number of carbonyl (C=O) groups is 1. The number of benzene rings is 2. The Hall–Kier alpha value is -2.69. The zero-order chi connectivity index (χ0) is 21.3. The Morgan fingerprint density at radius 1 is 1.17 bits per heavy atom. The van der Waals surface area contributed by atoms with Crippen LogP contribution in [0.25, 0.3) is 0 Å². The van der Waals surface area contributed by atoms with Gasteiger partial charge in [-0.1, -0.05) is 37.6 Å². The molecule has 30 heavy (non-hydrogen) atoms. The molecule has 2 aromatic carbocycles. The fourth-order valence-electron chi connectivity index (χ4n) is 4.63. The molecule has 0 unspecified atom stereocenters. The first kappa shape index (κ1) is 20.6. The quantitative estimate of drug-likeness (QED) is 0.822. The Bertz CT molecular complexity index is 894. The lowest BCUT2D eigenvalue weighted by Gasteiger charge is -2.49. The predicted molar refractivity (Wildman–Crippen MR) is 123 cm³/mol. The van der Waals surface area contributed by atoms with E-state index in [1.54, 1.807) is 7.11 Å². The van der Waals surface area contributed by atoms with Gasteiger partial charge in [0.1, 0.15) is 5.75 Å². The highest BCUT2D eigenvalue weighted by Crippen LogP contribution is 2.39. The highest BCUT2D eigenvalue weighted by atomic mass is 16.5. The standard InChI is InChI=1S/C25H33N3O2/c1-17(2)15-26-25(29)22-13-19-7-10-21(30-4)14-23(19)28-12-11-27(16-24(22)28)20-8-5-18(3)6-9-20/h5-10,14,17,22,24H,11-13,15-16H2,1-4H3,(H,26,29)/t22-,24+/m1/s1. The number of nitrogens with one attached hydrogen (secondary N) is 1. The van der Waals surface area contributed by atoms with Crippen molar-refractivity contribution in [1.82, 2.24) is 5.32 Å². The second-order valence-corrected chi connectivity index (χ2v) is 8.99. The van der Waals surface area contributed by atoms with Crippen LogP contribution in [0.5, 0.6) is 5.75 Å². The van der Waals surface area contributed by atoms with Gasteiger partial charge >= 0.3 is 0 Å². The molecule has 2 aromatic rings. The van der Waals surface area contributed by atoms with Gasteiger partial charge in [0, 0.05) is 43.6 Å². The average Bonchev–Trinajstić information content (AvgIpc) is 2.76. The van der Waals surface area contributed by atoms with E-state index in [1.807, 2.05) is 6.07 Å². The van der Waals surface area contributed by atoms with Crippen LogP contribution >= 0.6 is 0 Å². The van der Waals surface area contributed by atoms with Gasteiger partial charge in [-0.15, -0.1) is 0 Å². The molecular formula is C25H33N3O2. The second-order valence-electron chi connectivity index (χ2n) is 8.99. The van der Waals surface area contributed by atoms with Gasteiger partial charge in [0.15, 0.2) is 0 Å². The van der Waals surface area contributed by atoms with Crippen molar-refractivity contribution in [3.8, 4) is 5.75 Å². The lowest BCUT2D eigenvalue weighted by molar-refractivity contribution is -0.126. The average molecular weight is 408 g/mol. The summed E-state index contributed by atoms with van der Waals surface area (Å²) >= 11 is 0. The summed E-state index contributed by atoms with van der Waals surface area (Å²) < 4.78 is 5.48. The maximum Gasteiger partial charge on any atom is 0.225 e. The van der Waals surface area contributed by atoms with E-state index in [4.69, 9.17) is 4.74 Å². The number of fused-ring (bicyclic) bond motifs is 3. The summed E-state index contributed by atoms with van der Waals surface area (Å²) in [6.07, 6.45) is 0.770. The highest BCUT2D eigenvalue weighted by molar-refractivity contribution is 5.82. The summed E-state index contributed by atoms with van der Waals surface area (Å²) in [7, 11) is 1.71. The molecule has 2 atom stereocenters. The van der Waals surface area contributed by atoms with Crippen LogP contribution in [0.4, 0.5) is 11.4 Å². The molecule has 2 aliphatic heterocycles. The third-order valence-corrected chi connectivity index (χ3v) is 6.35. The Morgan fingerprint density at radius 2 is 1.93 bits per heavy atom. The first-order valence-corrected chi connectivity index (χ1v) is 11.0. The molecule has 0 spiro atoms. The SMILES string of the molecule is COc1ccc2c(c1)N1CCN(c3ccc(C)cc3)C[C@H]1[C@H](C(=O)NCC(C)C)C2. The number of amides is 1. The number of hydrogen-bond acceptors (Lipinski definition) is 4. The molecule has 2 aliphatic rings. The lowest BCUT2D eigenvalue weighted by atomic mass is 9.83. The predicted octanol–water partition coefficient (Wildman–Crippen LogP) is 3.64. The molecule has 0 radical (unpaired) electrons. The van der Waals surface area contributed by atoms with Gasteiger partial charge in [-0.05, 0) is 43.0 Å². The Balaban J connectivity index is 1.64. The monoisotopic (exact) mass is 407 g/mol. The van der Waals surface area contributed by atoms with E-state index in [0.717, 1.165) is 38.3 Å². The summed E-state index contributed by atoms with van der Waals surface area (Å²) in [5.41, 5.74) is 4.95. The van der Waals surface area contributed by atoms with Gasteiger partial charge < -0.3 is 19.9 Å². The van der Waals surface area contributed by atoms with Gasteiger partial charge in [0.25, 0.3) is 0 Å². The maximum atomic E-state index is 13.2. The highest BCUT2D eigenvalue weighted by Gasteiger charge is 2.41. The minimum absolute atomic E-state index is 0.0575. The van der Waals surface area contributed by atoms with Crippen molar-refractivity contribution in [1.29, 1.82) is 0 Å². The van der Waals surface area contributed by atoms with Crippen molar-refractivity contribution in [2.75, 3.05) is 43.1 Å². The van der Waals surface area contributed by atoms with Crippen LogP contribution in [0.15, 0.2) is 42.5 Å². The van der Waals surface area contributed by atoms with Crippen LogP contribution in [-0.2, 0) is 11.2 Å². The number of ether oxygens (including phenoxy) is 1.